The first kappa shape index (κ1) is 28.0. The van der Waals surface area contributed by atoms with E-state index in [1.165, 1.54) is 22.9 Å². The molecule has 5 heteroatoms. The highest BCUT2D eigenvalue weighted by Gasteiger charge is 2.29. The van der Waals surface area contributed by atoms with Gasteiger partial charge in [0.25, 0.3) is 0 Å². The first-order valence-corrected chi connectivity index (χ1v) is 15.1. The minimum absolute atomic E-state index is 0.0641. The summed E-state index contributed by atoms with van der Waals surface area (Å²) in [5.74, 6) is 0. The van der Waals surface area contributed by atoms with Gasteiger partial charge < -0.3 is 0 Å². The SMILES string of the molecule is CC(C)(C)c1cc(CC(C)(C)c2ccc3ncccc3c2)c(CC(C)(C)c2cccc(S(C)(=O)=O)c2)cn1. The fraction of sp³-hybridized carbons (Fsp3) is 0.394. The van der Waals surface area contributed by atoms with Gasteiger partial charge >= 0.3 is 0 Å². The molecule has 0 radical (unpaired) electrons. The van der Waals surface area contributed by atoms with Gasteiger partial charge in [-0.05, 0) is 82.3 Å². The highest BCUT2D eigenvalue weighted by atomic mass is 32.2. The first-order chi connectivity index (χ1) is 17.6. The van der Waals surface area contributed by atoms with E-state index in [-0.39, 0.29) is 16.2 Å². The van der Waals surface area contributed by atoms with Gasteiger partial charge in [0, 0.05) is 35.1 Å². The van der Waals surface area contributed by atoms with Crippen LogP contribution in [-0.2, 0) is 38.9 Å². The van der Waals surface area contributed by atoms with E-state index in [1.54, 1.807) is 6.07 Å². The summed E-state index contributed by atoms with van der Waals surface area (Å²) in [5, 5.41) is 1.15. The molecule has 0 N–H and O–H groups in total. The van der Waals surface area contributed by atoms with Gasteiger partial charge in [-0.15, -0.1) is 0 Å². The van der Waals surface area contributed by atoms with Gasteiger partial charge in [0.1, 0.15) is 0 Å². The number of benzene rings is 2. The standard InChI is InChI=1S/C33H40N2O2S/c1-31(2,3)30-18-24(20-32(4,5)27-14-15-29-23(17-27)11-10-16-34-29)25(22-35-30)21-33(6,7)26-12-9-13-28(19-26)38(8,36)37/h9-19,22H,20-21H2,1-8H3. The molecule has 38 heavy (non-hydrogen) atoms. The summed E-state index contributed by atoms with van der Waals surface area (Å²) in [5.41, 5.74) is 6.39. The van der Waals surface area contributed by atoms with Crippen molar-refractivity contribution in [1.82, 2.24) is 9.97 Å². The smallest absolute Gasteiger partial charge is 0.175 e. The Morgan fingerprint density at radius 3 is 2.03 bits per heavy atom. The van der Waals surface area contributed by atoms with Crippen LogP contribution in [0.3, 0.4) is 0 Å². The number of pyridine rings is 2. The summed E-state index contributed by atoms with van der Waals surface area (Å²) in [6.07, 6.45) is 6.75. The van der Waals surface area contributed by atoms with Crippen LogP contribution in [0.4, 0.5) is 0 Å². The van der Waals surface area contributed by atoms with E-state index in [0.717, 1.165) is 35.0 Å². The molecule has 200 valence electrons. The number of aromatic nitrogens is 2. The number of hydrogen-bond donors (Lipinski definition) is 0. The molecule has 0 aliphatic heterocycles. The Balaban J connectivity index is 1.74. The molecule has 0 saturated heterocycles. The van der Waals surface area contributed by atoms with Crippen LogP contribution in [0, 0.1) is 0 Å². The molecule has 4 rings (SSSR count). The molecule has 0 fully saturated rings. The molecule has 0 spiro atoms. The van der Waals surface area contributed by atoms with Gasteiger partial charge in [0.2, 0.25) is 0 Å². The molecule has 0 atom stereocenters. The average Bonchev–Trinajstić information content (AvgIpc) is 2.83. The van der Waals surface area contributed by atoms with Crippen LogP contribution in [0.2, 0.25) is 0 Å². The maximum absolute atomic E-state index is 12.2. The Labute approximate surface area is 228 Å². The molecular formula is C33H40N2O2S. The number of hydrogen-bond acceptors (Lipinski definition) is 4. The zero-order valence-electron chi connectivity index (χ0n) is 24.0. The van der Waals surface area contributed by atoms with Crippen molar-refractivity contribution in [3.05, 3.63) is 101 Å². The second-order valence-electron chi connectivity index (χ2n) is 12.9. The van der Waals surface area contributed by atoms with E-state index >= 15 is 0 Å². The van der Waals surface area contributed by atoms with Crippen LogP contribution in [0.15, 0.2) is 78.0 Å². The van der Waals surface area contributed by atoms with Gasteiger partial charge in [0.05, 0.1) is 10.4 Å². The maximum atomic E-state index is 12.2. The lowest BCUT2D eigenvalue weighted by atomic mass is 9.74. The van der Waals surface area contributed by atoms with Crippen molar-refractivity contribution in [3.8, 4) is 0 Å². The fourth-order valence-corrected chi connectivity index (χ4v) is 5.73. The molecule has 2 heterocycles. The zero-order chi connectivity index (χ0) is 27.9. The minimum atomic E-state index is -3.28. The number of fused-ring (bicyclic) bond motifs is 1. The Morgan fingerprint density at radius 1 is 0.711 bits per heavy atom. The molecule has 4 aromatic rings. The van der Waals surface area contributed by atoms with Crippen molar-refractivity contribution < 1.29 is 8.42 Å². The predicted molar refractivity (Wildman–Crippen MR) is 158 cm³/mol. The molecule has 2 aromatic carbocycles. The Morgan fingerprint density at radius 2 is 1.37 bits per heavy atom. The van der Waals surface area contributed by atoms with Crippen LogP contribution in [0.5, 0.6) is 0 Å². The van der Waals surface area contributed by atoms with E-state index in [1.807, 2.05) is 36.7 Å². The van der Waals surface area contributed by atoms with Crippen molar-refractivity contribution in [2.75, 3.05) is 6.26 Å². The van der Waals surface area contributed by atoms with E-state index in [0.29, 0.717) is 4.90 Å². The minimum Gasteiger partial charge on any atom is -0.260 e. The third-order valence-electron chi connectivity index (χ3n) is 7.54. The van der Waals surface area contributed by atoms with Crippen molar-refractivity contribution in [1.29, 1.82) is 0 Å². The molecule has 2 aromatic heterocycles. The Hall–Kier alpha value is -3.05. The van der Waals surface area contributed by atoms with Crippen LogP contribution >= 0.6 is 0 Å². The second-order valence-corrected chi connectivity index (χ2v) is 14.9. The van der Waals surface area contributed by atoms with E-state index in [9.17, 15) is 8.42 Å². The van der Waals surface area contributed by atoms with Crippen molar-refractivity contribution in [3.63, 3.8) is 0 Å². The maximum Gasteiger partial charge on any atom is 0.175 e. The topological polar surface area (TPSA) is 59.9 Å². The lowest BCUT2D eigenvalue weighted by Crippen LogP contribution is -2.26. The van der Waals surface area contributed by atoms with Crippen molar-refractivity contribution >= 4 is 20.7 Å². The number of rotatable bonds is 7. The quantitative estimate of drug-likeness (QED) is 0.251. The van der Waals surface area contributed by atoms with E-state index in [2.05, 4.69) is 83.8 Å². The van der Waals surface area contributed by atoms with Crippen LogP contribution in [-0.4, -0.2) is 24.6 Å². The van der Waals surface area contributed by atoms with E-state index < -0.39 is 9.84 Å². The molecule has 0 aliphatic carbocycles. The summed E-state index contributed by atoms with van der Waals surface area (Å²) >= 11 is 0. The Kier molecular flexibility index (Phi) is 7.30. The normalized spacial score (nSPS) is 13.2. The highest BCUT2D eigenvalue weighted by molar-refractivity contribution is 7.90. The fourth-order valence-electron chi connectivity index (χ4n) is 5.06. The van der Waals surface area contributed by atoms with Crippen molar-refractivity contribution in [2.24, 2.45) is 0 Å². The summed E-state index contributed by atoms with van der Waals surface area (Å²) in [6, 6.07) is 20.3. The van der Waals surface area contributed by atoms with Gasteiger partial charge in [-0.1, -0.05) is 72.7 Å². The van der Waals surface area contributed by atoms with Crippen LogP contribution in [0.25, 0.3) is 10.9 Å². The van der Waals surface area contributed by atoms with Gasteiger partial charge in [-0.2, -0.15) is 0 Å². The van der Waals surface area contributed by atoms with Gasteiger partial charge in [-0.25, -0.2) is 8.42 Å². The summed E-state index contributed by atoms with van der Waals surface area (Å²) < 4.78 is 24.4. The zero-order valence-corrected chi connectivity index (χ0v) is 24.8. The molecule has 0 amide bonds. The second kappa shape index (κ2) is 9.92. The monoisotopic (exact) mass is 528 g/mol. The van der Waals surface area contributed by atoms with Crippen molar-refractivity contribution in [2.45, 2.75) is 82.4 Å². The largest absolute Gasteiger partial charge is 0.260 e. The highest BCUT2D eigenvalue weighted by Crippen LogP contribution is 2.35. The predicted octanol–water partition coefficient (Wildman–Crippen LogP) is 7.37. The van der Waals surface area contributed by atoms with Gasteiger partial charge in [-0.3, -0.25) is 9.97 Å². The first-order valence-electron chi connectivity index (χ1n) is 13.2. The number of nitrogens with zero attached hydrogens (tertiary/aromatic N) is 2. The summed E-state index contributed by atoms with van der Waals surface area (Å²) in [4.78, 5) is 9.73. The summed E-state index contributed by atoms with van der Waals surface area (Å²) in [7, 11) is -3.28. The lowest BCUT2D eigenvalue weighted by molar-refractivity contribution is 0.494. The van der Waals surface area contributed by atoms with Crippen LogP contribution in [0.1, 0.15) is 76.4 Å². The van der Waals surface area contributed by atoms with E-state index in [4.69, 9.17) is 4.98 Å². The third-order valence-corrected chi connectivity index (χ3v) is 8.65. The molecule has 4 nitrogen and oxygen atoms in total. The van der Waals surface area contributed by atoms with Gasteiger partial charge in [0.15, 0.2) is 9.84 Å². The summed E-state index contributed by atoms with van der Waals surface area (Å²) in [6.45, 7) is 15.5. The van der Waals surface area contributed by atoms with Crippen LogP contribution < -0.4 is 0 Å². The average molecular weight is 529 g/mol. The lowest BCUT2D eigenvalue weighted by Gasteiger charge is -2.31. The molecule has 0 unspecified atom stereocenters. The molecule has 0 aliphatic rings. The molecule has 0 saturated carbocycles. The third kappa shape index (κ3) is 6.15. The number of sulfone groups is 1. The molecule has 0 bridgehead atoms. The molecular weight excluding hydrogens is 488 g/mol. The Bertz CT molecular complexity index is 1580.